The Bertz CT molecular complexity index is 842. The van der Waals surface area contributed by atoms with Crippen LogP contribution in [0.4, 0.5) is 5.69 Å². The molecule has 0 spiro atoms. The molecule has 0 bridgehead atoms. The van der Waals surface area contributed by atoms with E-state index < -0.39 is 17.6 Å². The molecule has 1 aliphatic rings. The summed E-state index contributed by atoms with van der Waals surface area (Å²) in [4.78, 5) is 26.1. The van der Waals surface area contributed by atoms with Gasteiger partial charge in [0.05, 0.1) is 25.5 Å². The van der Waals surface area contributed by atoms with Crippen LogP contribution in [0, 0.1) is 0 Å². The highest BCUT2D eigenvalue weighted by Crippen LogP contribution is 2.38. The second-order valence-electron chi connectivity index (χ2n) is 5.07. The van der Waals surface area contributed by atoms with Gasteiger partial charge in [-0.3, -0.25) is 9.59 Å². The van der Waals surface area contributed by atoms with Gasteiger partial charge in [-0.1, -0.05) is 30.3 Å². The van der Waals surface area contributed by atoms with E-state index >= 15 is 0 Å². The predicted octanol–water partition coefficient (Wildman–Crippen LogP) is 2.55. The van der Waals surface area contributed by atoms with Crippen molar-refractivity contribution in [3.05, 3.63) is 59.9 Å². The number of aliphatic hydroxyl groups excluding tert-OH is 1. The van der Waals surface area contributed by atoms with Crippen molar-refractivity contribution in [1.29, 1.82) is 0 Å². The molecule has 2 aromatic rings. The minimum absolute atomic E-state index is 0.0292. The van der Waals surface area contributed by atoms with Crippen molar-refractivity contribution in [1.82, 2.24) is 0 Å². The summed E-state index contributed by atoms with van der Waals surface area (Å²) in [7, 11) is 2.93. The van der Waals surface area contributed by atoms with Crippen LogP contribution in [0.15, 0.2) is 54.3 Å². The molecular weight excluding hydrogens is 310 g/mol. The molecule has 1 N–H and O–H groups in total. The van der Waals surface area contributed by atoms with Gasteiger partial charge in [-0.05, 0) is 17.7 Å². The molecule has 3 rings (SSSR count). The molecule has 0 saturated carbocycles. The second-order valence-corrected chi connectivity index (χ2v) is 5.07. The normalized spacial score (nSPS) is 14.3. The van der Waals surface area contributed by atoms with Crippen LogP contribution in [0.25, 0.3) is 5.57 Å². The van der Waals surface area contributed by atoms with Crippen molar-refractivity contribution in [3.8, 4) is 11.5 Å². The highest BCUT2D eigenvalue weighted by molar-refractivity contribution is 6.45. The summed E-state index contributed by atoms with van der Waals surface area (Å²) in [6.07, 6.45) is 0. The van der Waals surface area contributed by atoms with Crippen LogP contribution >= 0.6 is 0 Å². The van der Waals surface area contributed by atoms with Gasteiger partial charge in [0.25, 0.3) is 5.91 Å². The van der Waals surface area contributed by atoms with E-state index in [9.17, 15) is 14.7 Å². The first-order valence-electron chi connectivity index (χ1n) is 7.18. The molecule has 24 heavy (non-hydrogen) atoms. The second kappa shape index (κ2) is 6.08. The van der Waals surface area contributed by atoms with E-state index in [-0.39, 0.29) is 17.0 Å². The molecule has 6 nitrogen and oxygen atoms in total. The van der Waals surface area contributed by atoms with Crippen LogP contribution in [0.2, 0.25) is 0 Å². The van der Waals surface area contributed by atoms with Crippen LogP contribution in [-0.2, 0) is 9.59 Å². The van der Waals surface area contributed by atoms with E-state index in [4.69, 9.17) is 9.47 Å². The van der Waals surface area contributed by atoms with Crippen molar-refractivity contribution in [2.45, 2.75) is 0 Å². The number of imide groups is 1. The smallest absolute Gasteiger partial charge is 0.301 e. The van der Waals surface area contributed by atoms with E-state index in [1.54, 1.807) is 42.5 Å². The zero-order valence-corrected chi connectivity index (χ0v) is 13.1. The molecule has 1 aliphatic heterocycles. The molecule has 2 aromatic carbocycles. The van der Waals surface area contributed by atoms with Gasteiger partial charge < -0.3 is 14.6 Å². The summed E-state index contributed by atoms with van der Waals surface area (Å²) in [5, 5.41) is 10.2. The van der Waals surface area contributed by atoms with Gasteiger partial charge in [0.1, 0.15) is 11.5 Å². The number of hydrogen-bond donors (Lipinski definition) is 1. The SMILES string of the molecule is COc1ccc(N2C(=O)C(O)=C(c3ccccc3)C2=O)c(OC)c1. The monoisotopic (exact) mass is 325 g/mol. The Hall–Kier alpha value is -3.28. The quantitative estimate of drug-likeness (QED) is 0.874. The lowest BCUT2D eigenvalue weighted by molar-refractivity contribution is -0.121. The van der Waals surface area contributed by atoms with Gasteiger partial charge in [0.2, 0.25) is 0 Å². The summed E-state index contributed by atoms with van der Waals surface area (Å²) >= 11 is 0. The minimum atomic E-state index is -0.790. The molecule has 0 aromatic heterocycles. The fourth-order valence-corrected chi connectivity index (χ4v) is 2.57. The summed E-state index contributed by atoms with van der Waals surface area (Å²) in [5.74, 6) is -1.16. The highest BCUT2D eigenvalue weighted by Gasteiger charge is 2.41. The van der Waals surface area contributed by atoms with Crippen molar-refractivity contribution in [2.24, 2.45) is 0 Å². The average molecular weight is 325 g/mol. The number of methoxy groups -OCH3 is 2. The van der Waals surface area contributed by atoms with Crippen LogP contribution in [-0.4, -0.2) is 31.1 Å². The Labute approximate surface area is 138 Å². The summed E-state index contributed by atoms with van der Waals surface area (Å²) in [6.45, 7) is 0. The Morgan fingerprint density at radius 2 is 1.62 bits per heavy atom. The number of hydrogen-bond acceptors (Lipinski definition) is 5. The third-order valence-electron chi connectivity index (χ3n) is 3.75. The summed E-state index contributed by atoms with van der Waals surface area (Å²) in [6, 6.07) is 13.3. The molecule has 122 valence electrons. The van der Waals surface area contributed by atoms with Crippen LogP contribution in [0.1, 0.15) is 5.56 Å². The van der Waals surface area contributed by atoms with Crippen LogP contribution in [0.3, 0.4) is 0 Å². The van der Waals surface area contributed by atoms with Gasteiger partial charge in [0, 0.05) is 6.07 Å². The van der Waals surface area contributed by atoms with E-state index in [2.05, 4.69) is 0 Å². The number of aliphatic hydroxyl groups is 1. The first-order chi connectivity index (χ1) is 11.6. The lowest BCUT2D eigenvalue weighted by Crippen LogP contribution is -2.31. The van der Waals surface area contributed by atoms with Gasteiger partial charge >= 0.3 is 5.91 Å². The average Bonchev–Trinajstić information content (AvgIpc) is 2.84. The fraction of sp³-hybridized carbons (Fsp3) is 0.111. The van der Waals surface area contributed by atoms with Gasteiger partial charge in [0.15, 0.2) is 5.76 Å². The maximum Gasteiger partial charge on any atom is 0.301 e. The van der Waals surface area contributed by atoms with E-state index in [1.165, 1.54) is 20.3 Å². The first-order valence-corrected chi connectivity index (χ1v) is 7.18. The number of amides is 2. The molecule has 1 heterocycles. The molecule has 0 atom stereocenters. The zero-order valence-electron chi connectivity index (χ0n) is 13.1. The maximum atomic E-state index is 12.8. The Morgan fingerprint density at radius 3 is 2.25 bits per heavy atom. The Morgan fingerprint density at radius 1 is 0.917 bits per heavy atom. The summed E-state index contributed by atoms with van der Waals surface area (Å²) in [5.41, 5.74) is 0.688. The van der Waals surface area contributed by atoms with Crippen molar-refractivity contribution >= 4 is 23.1 Å². The molecule has 0 saturated heterocycles. The van der Waals surface area contributed by atoms with E-state index in [0.29, 0.717) is 11.3 Å². The van der Waals surface area contributed by atoms with Crippen molar-refractivity contribution < 1.29 is 24.2 Å². The van der Waals surface area contributed by atoms with Gasteiger partial charge in [-0.2, -0.15) is 0 Å². The maximum absolute atomic E-state index is 12.8. The van der Waals surface area contributed by atoms with E-state index in [1.807, 2.05) is 0 Å². The van der Waals surface area contributed by atoms with Crippen molar-refractivity contribution in [2.75, 3.05) is 19.1 Å². The largest absolute Gasteiger partial charge is 0.502 e. The minimum Gasteiger partial charge on any atom is -0.502 e. The molecule has 0 radical (unpaired) electrons. The number of rotatable bonds is 4. The molecule has 2 amide bonds. The van der Waals surface area contributed by atoms with Crippen LogP contribution < -0.4 is 14.4 Å². The standard InChI is InChI=1S/C18H15NO5/c1-23-12-8-9-13(14(10-12)24-2)19-17(21)15(16(20)18(19)22)11-6-4-3-5-7-11/h3-10,20H,1-2H3. The number of nitrogens with zero attached hydrogens (tertiary/aromatic N) is 1. The number of anilines is 1. The number of carbonyl (C=O) groups excluding carboxylic acids is 2. The molecular formula is C18H15NO5. The molecule has 0 aliphatic carbocycles. The van der Waals surface area contributed by atoms with Crippen molar-refractivity contribution in [3.63, 3.8) is 0 Å². The Balaban J connectivity index is 2.07. The lowest BCUT2D eigenvalue weighted by atomic mass is 10.1. The highest BCUT2D eigenvalue weighted by atomic mass is 16.5. The first kappa shape index (κ1) is 15.6. The number of ether oxygens (including phenoxy) is 2. The third kappa shape index (κ3) is 2.38. The molecule has 0 unspecified atom stereocenters. The van der Waals surface area contributed by atoms with Gasteiger partial charge in [-0.25, -0.2) is 4.90 Å². The van der Waals surface area contributed by atoms with Crippen LogP contribution in [0.5, 0.6) is 11.5 Å². The molecule has 0 fully saturated rings. The van der Waals surface area contributed by atoms with E-state index in [0.717, 1.165) is 4.90 Å². The fourth-order valence-electron chi connectivity index (χ4n) is 2.57. The summed E-state index contributed by atoms with van der Waals surface area (Å²) < 4.78 is 10.4. The number of benzene rings is 2. The van der Waals surface area contributed by atoms with Gasteiger partial charge in [-0.15, -0.1) is 0 Å². The number of carbonyl (C=O) groups is 2. The zero-order chi connectivity index (χ0) is 17.3. The Kier molecular flexibility index (Phi) is 3.95. The predicted molar refractivity (Wildman–Crippen MR) is 88.0 cm³/mol. The third-order valence-corrected chi connectivity index (χ3v) is 3.75. The molecule has 6 heteroatoms. The topological polar surface area (TPSA) is 76.1 Å². The lowest BCUT2D eigenvalue weighted by Gasteiger charge is -2.18.